The van der Waals surface area contributed by atoms with Crippen LogP contribution in [-0.2, 0) is 0 Å². The van der Waals surface area contributed by atoms with Crippen LogP contribution < -0.4 is 4.33 Å². The fourth-order valence-electron chi connectivity index (χ4n) is 0. The molecule has 1 nitrogen and oxygen atoms in total. The first-order valence-electron chi connectivity index (χ1n) is 1.28. The summed E-state index contributed by atoms with van der Waals surface area (Å²) in [6, 6.07) is 0. The van der Waals surface area contributed by atoms with Crippen molar-refractivity contribution in [1.82, 2.24) is 4.33 Å². The van der Waals surface area contributed by atoms with E-state index in [2.05, 4.69) is 27.5 Å². The molecule has 0 aromatic carbocycles. The van der Waals surface area contributed by atoms with Crippen molar-refractivity contribution in [2.45, 2.75) is 6.92 Å². The van der Waals surface area contributed by atoms with Crippen LogP contribution in [-0.4, -0.2) is 22.8 Å². The number of hydrogen-bond donors (Lipinski definition) is 1. The average molecular weight is 124 g/mol. The summed E-state index contributed by atoms with van der Waals surface area (Å²) >= 11 is 2.29. The van der Waals surface area contributed by atoms with Crippen molar-refractivity contribution < 1.29 is 0 Å². The molecule has 4 heavy (non-hydrogen) atoms. The standard InChI is InChI=1S/C2H7NSe/c1-2-3-4/h3-4H,2H2,1H3. The van der Waals surface area contributed by atoms with E-state index < -0.39 is 0 Å². The van der Waals surface area contributed by atoms with Crippen LogP contribution in [0.2, 0.25) is 0 Å². The van der Waals surface area contributed by atoms with Crippen LogP contribution >= 0.6 is 0 Å². The van der Waals surface area contributed by atoms with Gasteiger partial charge in [-0.15, -0.1) is 0 Å². The summed E-state index contributed by atoms with van der Waals surface area (Å²) in [5.74, 6) is 0. The molecule has 0 fully saturated rings. The van der Waals surface area contributed by atoms with Gasteiger partial charge >= 0.3 is 34.0 Å². The van der Waals surface area contributed by atoms with Gasteiger partial charge in [0, 0.05) is 0 Å². The molecule has 0 aromatic heterocycles. The zero-order valence-corrected chi connectivity index (χ0v) is 4.53. The van der Waals surface area contributed by atoms with Gasteiger partial charge in [-0.1, -0.05) is 0 Å². The van der Waals surface area contributed by atoms with Gasteiger partial charge in [0.25, 0.3) is 0 Å². The molecule has 0 saturated heterocycles. The van der Waals surface area contributed by atoms with Crippen molar-refractivity contribution in [3.8, 4) is 0 Å². The third-order valence-corrected chi connectivity index (χ3v) is 0.822. The third kappa shape index (κ3) is 2.48. The molecule has 0 bridgehead atoms. The topological polar surface area (TPSA) is 12.0 Å². The van der Waals surface area contributed by atoms with E-state index in [4.69, 9.17) is 0 Å². The molecule has 0 saturated carbocycles. The molecule has 0 radical (unpaired) electrons. The van der Waals surface area contributed by atoms with Gasteiger partial charge < -0.3 is 0 Å². The fraction of sp³-hybridized carbons (Fsp3) is 1.00. The van der Waals surface area contributed by atoms with Crippen LogP contribution in [0.15, 0.2) is 0 Å². The Balaban J connectivity index is 1.97. The second-order valence-electron chi connectivity index (χ2n) is 0.512. The number of hydrogen-bond acceptors (Lipinski definition) is 1. The monoisotopic (exact) mass is 125 g/mol. The Morgan fingerprint density at radius 1 is 2.00 bits per heavy atom. The van der Waals surface area contributed by atoms with Gasteiger partial charge in [-0.2, -0.15) is 0 Å². The molecular weight excluding hydrogens is 117 g/mol. The summed E-state index contributed by atoms with van der Waals surface area (Å²) in [7, 11) is 0. The quantitative estimate of drug-likeness (QED) is 0.461. The minimum absolute atomic E-state index is 1.04. The van der Waals surface area contributed by atoms with Gasteiger partial charge in [-0.3, -0.25) is 0 Å². The summed E-state index contributed by atoms with van der Waals surface area (Å²) in [5, 5.41) is 0. The van der Waals surface area contributed by atoms with Crippen molar-refractivity contribution in [2.24, 2.45) is 0 Å². The molecule has 0 unspecified atom stereocenters. The van der Waals surface area contributed by atoms with Gasteiger partial charge in [-0.05, 0) is 0 Å². The Labute approximate surface area is 34.8 Å². The Hall–Kier alpha value is 0.479. The Bertz CT molecular complexity index is 8.00. The SMILES string of the molecule is CCN[SeH]. The van der Waals surface area contributed by atoms with Crippen molar-refractivity contribution in [2.75, 3.05) is 6.54 Å². The number of rotatable bonds is 1. The molecule has 0 aliphatic carbocycles. The zero-order chi connectivity index (χ0) is 3.41. The van der Waals surface area contributed by atoms with Crippen molar-refractivity contribution in [1.29, 1.82) is 0 Å². The van der Waals surface area contributed by atoms with E-state index in [0.717, 1.165) is 6.54 Å². The van der Waals surface area contributed by atoms with E-state index in [1.54, 1.807) is 0 Å². The predicted octanol–water partition coefficient (Wildman–Crippen LogP) is -0.588. The predicted molar refractivity (Wildman–Crippen MR) is 20.8 cm³/mol. The number of nitrogens with one attached hydrogen (secondary N) is 1. The summed E-state index contributed by atoms with van der Waals surface area (Å²) in [6.07, 6.45) is 0. The van der Waals surface area contributed by atoms with Crippen LogP contribution in [0, 0.1) is 0 Å². The first-order chi connectivity index (χ1) is 1.91. The maximum absolute atomic E-state index is 2.87. The van der Waals surface area contributed by atoms with Gasteiger partial charge in [0.2, 0.25) is 0 Å². The Morgan fingerprint density at radius 2 is 2.25 bits per heavy atom. The molecule has 1 N–H and O–H groups in total. The molecule has 0 amide bonds. The zero-order valence-electron chi connectivity index (χ0n) is 2.65. The van der Waals surface area contributed by atoms with Crippen LogP contribution in [0.5, 0.6) is 0 Å². The van der Waals surface area contributed by atoms with Gasteiger partial charge in [0.15, 0.2) is 0 Å². The second-order valence-corrected chi connectivity index (χ2v) is 1.18. The third-order valence-electron chi connectivity index (χ3n) is 0.158. The summed E-state index contributed by atoms with van der Waals surface area (Å²) in [6.45, 7) is 3.10. The molecule has 0 rings (SSSR count). The molecule has 0 heterocycles. The van der Waals surface area contributed by atoms with E-state index >= 15 is 0 Å². The van der Waals surface area contributed by atoms with Crippen molar-refractivity contribution in [3.05, 3.63) is 0 Å². The molecule has 2 heteroatoms. The van der Waals surface area contributed by atoms with Gasteiger partial charge in [0.05, 0.1) is 0 Å². The summed E-state index contributed by atoms with van der Waals surface area (Å²) < 4.78 is 2.87. The Kier molecular flexibility index (Phi) is 3.90. The fourth-order valence-corrected chi connectivity index (χ4v) is 0. The molecular formula is C2H7NSe. The average Bonchev–Trinajstić information content (AvgIpc) is 1.37. The van der Waals surface area contributed by atoms with Crippen LogP contribution in [0.4, 0.5) is 0 Å². The Morgan fingerprint density at radius 3 is 2.25 bits per heavy atom. The summed E-state index contributed by atoms with van der Waals surface area (Å²) in [5.41, 5.74) is 0. The van der Waals surface area contributed by atoms with E-state index in [-0.39, 0.29) is 0 Å². The van der Waals surface area contributed by atoms with E-state index in [0.29, 0.717) is 0 Å². The van der Waals surface area contributed by atoms with Crippen LogP contribution in [0.3, 0.4) is 0 Å². The molecule has 26 valence electrons. The van der Waals surface area contributed by atoms with Crippen molar-refractivity contribution in [3.63, 3.8) is 0 Å². The van der Waals surface area contributed by atoms with E-state index in [1.807, 2.05) is 0 Å². The molecule has 0 aliphatic heterocycles. The van der Waals surface area contributed by atoms with Crippen LogP contribution in [0.25, 0.3) is 0 Å². The minimum atomic E-state index is 1.04. The molecule has 0 aromatic rings. The van der Waals surface area contributed by atoms with Gasteiger partial charge in [-0.25, -0.2) is 0 Å². The molecule has 0 atom stereocenters. The first kappa shape index (κ1) is 4.48. The van der Waals surface area contributed by atoms with Crippen LogP contribution in [0.1, 0.15) is 6.92 Å². The second kappa shape index (κ2) is 3.48. The molecule has 0 aliphatic rings. The van der Waals surface area contributed by atoms with Crippen molar-refractivity contribution >= 4 is 16.2 Å². The van der Waals surface area contributed by atoms with E-state index in [1.165, 1.54) is 0 Å². The van der Waals surface area contributed by atoms with E-state index in [9.17, 15) is 0 Å². The normalized spacial score (nSPS) is 7.50. The molecule has 0 spiro atoms. The summed E-state index contributed by atoms with van der Waals surface area (Å²) in [4.78, 5) is 0. The maximum atomic E-state index is 2.87. The first-order valence-corrected chi connectivity index (χ1v) is 2.22. The van der Waals surface area contributed by atoms with Gasteiger partial charge in [0.1, 0.15) is 0 Å².